The number of esters is 2. The van der Waals surface area contributed by atoms with Gasteiger partial charge >= 0.3 is 11.9 Å². The van der Waals surface area contributed by atoms with Crippen LogP contribution in [0.1, 0.15) is 66.7 Å². The number of ether oxygens (including phenoxy) is 2. The molecule has 0 aromatic carbocycles. The van der Waals surface area contributed by atoms with Crippen molar-refractivity contribution in [2.45, 2.75) is 66.7 Å². The van der Waals surface area contributed by atoms with E-state index in [1.54, 1.807) is 0 Å². The zero-order valence-electron chi connectivity index (χ0n) is 15.3. The molecule has 1 rings (SSSR count). The lowest BCUT2D eigenvalue weighted by atomic mass is 9.91. The van der Waals surface area contributed by atoms with Gasteiger partial charge in [-0.3, -0.25) is 0 Å². The van der Waals surface area contributed by atoms with Crippen LogP contribution in [0.4, 0.5) is 0 Å². The summed E-state index contributed by atoms with van der Waals surface area (Å²) in [5.74, 6) is 0.00591. The minimum absolute atomic E-state index is 0.135. The lowest BCUT2D eigenvalue weighted by molar-refractivity contribution is -0.144. The highest BCUT2D eigenvalue weighted by atomic mass is 16.5. The third-order valence-electron chi connectivity index (χ3n) is 4.00. The molecule has 0 aromatic rings. The average molecular weight is 324 g/mol. The third-order valence-corrected chi connectivity index (χ3v) is 4.00. The van der Waals surface area contributed by atoms with Crippen molar-refractivity contribution >= 4 is 11.9 Å². The van der Waals surface area contributed by atoms with Crippen molar-refractivity contribution < 1.29 is 19.1 Å². The van der Waals surface area contributed by atoms with Crippen molar-refractivity contribution in [2.75, 3.05) is 13.2 Å². The standard InChI is InChI=1S/C19H32O4/c1-6-16(18(20)22-11-13(2)3)17(15-9-7-8-10-15)19(21)23-12-14(4)5/h13-15H,6-12H2,1-5H3/b17-16-. The van der Waals surface area contributed by atoms with Crippen LogP contribution in [0, 0.1) is 17.8 Å². The smallest absolute Gasteiger partial charge is 0.334 e. The molecule has 0 unspecified atom stereocenters. The van der Waals surface area contributed by atoms with E-state index in [-0.39, 0.29) is 29.7 Å². The summed E-state index contributed by atoms with van der Waals surface area (Å²) in [7, 11) is 0. The summed E-state index contributed by atoms with van der Waals surface area (Å²) < 4.78 is 10.8. The second kappa shape index (κ2) is 9.74. The maximum atomic E-state index is 12.6. The second-order valence-electron chi connectivity index (χ2n) is 7.21. The lowest BCUT2D eigenvalue weighted by Crippen LogP contribution is -2.23. The Balaban J connectivity index is 3.00. The number of carbonyl (C=O) groups excluding carboxylic acids is 2. The minimum Gasteiger partial charge on any atom is -0.462 e. The SMILES string of the molecule is CC/C(C(=O)OCC(C)C)=C(/C(=O)OCC(C)C)C1CCCC1. The summed E-state index contributed by atoms with van der Waals surface area (Å²) in [4.78, 5) is 25.0. The monoisotopic (exact) mass is 324 g/mol. The third kappa shape index (κ3) is 6.36. The van der Waals surface area contributed by atoms with E-state index in [0.29, 0.717) is 30.8 Å². The quantitative estimate of drug-likeness (QED) is 0.494. The molecule has 0 atom stereocenters. The van der Waals surface area contributed by atoms with Gasteiger partial charge in [0.05, 0.1) is 18.8 Å². The van der Waals surface area contributed by atoms with Crippen molar-refractivity contribution in [3.8, 4) is 0 Å². The van der Waals surface area contributed by atoms with Gasteiger partial charge in [-0.2, -0.15) is 0 Å². The number of rotatable bonds is 8. The van der Waals surface area contributed by atoms with E-state index in [4.69, 9.17) is 9.47 Å². The van der Waals surface area contributed by atoms with Crippen LogP contribution in [0.25, 0.3) is 0 Å². The molecular formula is C19H32O4. The van der Waals surface area contributed by atoms with Gasteiger partial charge in [-0.1, -0.05) is 47.5 Å². The van der Waals surface area contributed by atoms with Gasteiger partial charge in [0, 0.05) is 5.57 Å². The van der Waals surface area contributed by atoms with Crippen LogP contribution in [-0.2, 0) is 19.1 Å². The Morgan fingerprint density at radius 2 is 1.39 bits per heavy atom. The Morgan fingerprint density at radius 1 is 0.913 bits per heavy atom. The van der Waals surface area contributed by atoms with Crippen molar-refractivity contribution in [3.05, 3.63) is 11.1 Å². The zero-order chi connectivity index (χ0) is 17.4. The van der Waals surface area contributed by atoms with Crippen molar-refractivity contribution in [1.82, 2.24) is 0 Å². The van der Waals surface area contributed by atoms with E-state index in [1.807, 2.05) is 34.6 Å². The Bertz CT molecular complexity index is 429. The molecule has 23 heavy (non-hydrogen) atoms. The molecule has 0 aromatic heterocycles. The van der Waals surface area contributed by atoms with Crippen molar-refractivity contribution in [1.29, 1.82) is 0 Å². The second-order valence-corrected chi connectivity index (χ2v) is 7.21. The highest BCUT2D eigenvalue weighted by Crippen LogP contribution is 2.34. The van der Waals surface area contributed by atoms with E-state index in [2.05, 4.69) is 0 Å². The predicted molar refractivity (Wildman–Crippen MR) is 90.9 cm³/mol. The molecule has 0 spiro atoms. The molecular weight excluding hydrogens is 292 g/mol. The van der Waals surface area contributed by atoms with E-state index in [0.717, 1.165) is 25.7 Å². The van der Waals surface area contributed by atoms with Crippen molar-refractivity contribution in [2.24, 2.45) is 17.8 Å². The van der Waals surface area contributed by atoms with Gasteiger partial charge in [0.1, 0.15) is 0 Å². The summed E-state index contributed by atoms with van der Waals surface area (Å²) in [6, 6.07) is 0. The Morgan fingerprint density at radius 3 is 1.83 bits per heavy atom. The molecule has 4 nitrogen and oxygen atoms in total. The maximum Gasteiger partial charge on any atom is 0.334 e. The molecule has 0 aliphatic heterocycles. The fraction of sp³-hybridized carbons (Fsp3) is 0.789. The number of hydrogen-bond acceptors (Lipinski definition) is 4. The minimum atomic E-state index is -0.357. The molecule has 0 bridgehead atoms. The van der Waals surface area contributed by atoms with E-state index in [1.165, 1.54) is 0 Å². The molecule has 0 N–H and O–H groups in total. The largest absolute Gasteiger partial charge is 0.462 e. The molecule has 1 aliphatic carbocycles. The number of hydrogen-bond donors (Lipinski definition) is 0. The Kier molecular flexibility index (Phi) is 8.35. The average Bonchev–Trinajstić information content (AvgIpc) is 3.01. The molecule has 4 heteroatoms. The first-order valence-corrected chi connectivity index (χ1v) is 8.94. The summed E-state index contributed by atoms with van der Waals surface area (Å²) in [5, 5.41) is 0. The van der Waals surface area contributed by atoms with E-state index < -0.39 is 0 Å². The van der Waals surface area contributed by atoms with Crippen LogP contribution in [0.3, 0.4) is 0 Å². The molecule has 0 radical (unpaired) electrons. The van der Waals surface area contributed by atoms with Crippen LogP contribution >= 0.6 is 0 Å². The van der Waals surface area contributed by atoms with E-state index in [9.17, 15) is 9.59 Å². The molecule has 1 fully saturated rings. The van der Waals surface area contributed by atoms with Gasteiger partial charge in [0.25, 0.3) is 0 Å². The summed E-state index contributed by atoms with van der Waals surface area (Å²) in [6.45, 7) is 10.7. The Labute approximate surface area is 140 Å². The highest BCUT2D eigenvalue weighted by Gasteiger charge is 2.31. The van der Waals surface area contributed by atoms with Gasteiger partial charge in [-0.15, -0.1) is 0 Å². The van der Waals surface area contributed by atoms with Crippen LogP contribution in [-0.4, -0.2) is 25.2 Å². The topological polar surface area (TPSA) is 52.6 Å². The molecule has 1 saturated carbocycles. The first kappa shape index (κ1) is 19.7. The highest BCUT2D eigenvalue weighted by molar-refractivity contribution is 6.00. The normalized spacial score (nSPS) is 16.7. The van der Waals surface area contributed by atoms with Gasteiger partial charge in [0.2, 0.25) is 0 Å². The van der Waals surface area contributed by atoms with Gasteiger partial charge in [-0.25, -0.2) is 9.59 Å². The predicted octanol–water partition coefficient (Wildman–Crippen LogP) is 4.28. The maximum absolute atomic E-state index is 12.6. The van der Waals surface area contributed by atoms with Crippen molar-refractivity contribution in [3.63, 3.8) is 0 Å². The van der Waals surface area contributed by atoms with Crippen LogP contribution < -0.4 is 0 Å². The lowest BCUT2D eigenvalue weighted by Gasteiger charge is -2.19. The van der Waals surface area contributed by atoms with Crippen LogP contribution in [0.5, 0.6) is 0 Å². The molecule has 0 amide bonds. The summed E-state index contributed by atoms with van der Waals surface area (Å²) in [6.07, 6.45) is 4.60. The van der Waals surface area contributed by atoms with Gasteiger partial charge < -0.3 is 9.47 Å². The number of carbonyl (C=O) groups is 2. The summed E-state index contributed by atoms with van der Waals surface area (Å²) >= 11 is 0. The van der Waals surface area contributed by atoms with Crippen LogP contribution in [0.15, 0.2) is 11.1 Å². The van der Waals surface area contributed by atoms with Gasteiger partial charge in [0.15, 0.2) is 0 Å². The molecule has 0 heterocycles. The molecule has 0 saturated heterocycles. The first-order chi connectivity index (χ1) is 10.9. The van der Waals surface area contributed by atoms with Crippen LogP contribution in [0.2, 0.25) is 0 Å². The fourth-order valence-corrected chi connectivity index (χ4v) is 2.85. The molecule has 1 aliphatic rings. The molecule has 132 valence electrons. The van der Waals surface area contributed by atoms with E-state index >= 15 is 0 Å². The Hall–Kier alpha value is -1.32. The van der Waals surface area contributed by atoms with Gasteiger partial charge in [-0.05, 0) is 37.0 Å². The fourth-order valence-electron chi connectivity index (χ4n) is 2.85. The summed E-state index contributed by atoms with van der Waals surface area (Å²) in [5.41, 5.74) is 1.07. The zero-order valence-corrected chi connectivity index (χ0v) is 15.3. The first-order valence-electron chi connectivity index (χ1n) is 8.94.